The first-order chi connectivity index (χ1) is 3.90. The molecule has 0 aliphatic heterocycles. The van der Waals surface area contributed by atoms with Gasteiger partial charge < -0.3 is 5.11 Å². The zero-order valence-electron chi connectivity index (χ0n) is 4.82. The number of rotatable bonds is 1. The first-order valence-electron chi connectivity index (χ1n) is 2.51. The van der Waals surface area contributed by atoms with Gasteiger partial charge in [-0.2, -0.15) is 0 Å². The highest BCUT2D eigenvalue weighted by atomic mass is 127. The van der Waals surface area contributed by atoms with Crippen LogP contribution in [0.25, 0.3) is 0 Å². The minimum Gasteiger partial charge on any atom is -0.481 e. The summed E-state index contributed by atoms with van der Waals surface area (Å²) in [4.78, 5) is 10.5. The van der Waals surface area contributed by atoms with Crippen molar-refractivity contribution in [2.24, 2.45) is 5.41 Å². The number of alkyl halides is 2. The van der Waals surface area contributed by atoms with Crippen LogP contribution in [0.2, 0.25) is 0 Å². The number of hydrogen-bond donors (Lipinski definition) is 1. The fourth-order valence-electron chi connectivity index (χ4n) is 0.632. The van der Waals surface area contributed by atoms with Gasteiger partial charge in [-0.25, -0.2) is 0 Å². The molecule has 0 saturated heterocycles. The molecular formula is C5H6BrIO2. The summed E-state index contributed by atoms with van der Waals surface area (Å²) in [7, 11) is 0. The van der Waals surface area contributed by atoms with Gasteiger partial charge in [0.1, 0.15) is 0 Å². The molecule has 0 radical (unpaired) electrons. The van der Waals surface area contributed by atoms with E-state index in [-0.39, 0.29) is 2.33 Å². The van der Waals surface area contributed by atoms with Gasteiger partial charge in [0.15, 0.2) is 0 Å². The maximum atomic E-state index is 10.5. The lowest BCUT2D eigenvalue weighted by molar-refractivity contribution is -0.142. The Hall–Kier alpha value is 0.680. The molecule has 0 spiro atoms. The van der Waals surface area contributed by atoms with Crippen molar-refractivity contribution >= 4 is 44.5 Å². The van der Waals surface area contributed by atoms with E-state index in [1.807, 2.05) is 0 Å². The van der Waals surface area contributed by atoms with E-state index >= 15 is 0 Å². The summed E-state index contributed by atoms with van der Waals surface area (Å²) >= 11 is 5.43. The lowest BCUT2D eigenvalue weighted by atomic mass is 10.2. The van der Waals surface area contributed by atoms with Crippen molar-refractivity contribution in [3.63, 3.8) is 0 Å². The average molecular weight is 305 g/mol. The van der Waals surface area contributed by atoms with Gasteiger partial charge >= 0.3 is 5.97 Å². The predicted octanol–water partition coefficient (Wildman–Crippen LogP) is 2.01. The normalized spacial score (nSPS) is 48.8. The third-order valence-electron chi connectivity index (χ3n) is 1.73. The lowest BCUT2D eigenvalue weighted by Crippen LogP contribution is -2.16. The van der Waals surface area contributed by atoms with Crippen LogP contribution in [0.15, 0.2) is 0 Å². The van der Waals surface area contributed by atoms with Gasteiger partial charge in [-0.1, -0.05) is 38.5 Å². The highest BCUT2D eigenvalue weighted by Crippen LogP contribution is 2.66. The van der Waals surface area contributed by atoms with E-state index in [1.54, 1.807) is 6.92 Å². The fourth-order valence-corrected chi connectivity index (χ4v) is 2.36. The van der Waals surface area contributed by atoms with Gasteiger partial charge in [0, 0.05) is 0 Å². The molecule has 2 nitrogen and oxygen atoms in total. The molecular weight excluding hydrogens is 299 g/mol. The number of carboxylic acid groups (broad SMARTS) is 1. The minimum absolute atomic E-state index is 0.191. The standard InChI is InChI=1S/C5H6BrIO2/c1-4(3(8)9)2-5(4,6)7/h2H2,1H3,(H,8,9)/t4-,5-/m1/s1. The number of aliphatic carboxylic acids is 1. The van der Waals surface area contributed by atoms with Crippen LogP contribution in [-0.4, -0.2) is 13.4 Å². The first kappa shape index (κ1) is 7.78. The van der Waals surface area contributed by atoms with Crippen LogP contribution < -0.4 is 0 Å². The van der Waals surface area contributed by atoms with E-state index < -0.39 is 11.4 Å². The van der Waals surface area contributed by atoms with Crippen LogP contribution in [0.5, 0.6) is 0 Å². The molecule has 52 valence electrons. The van der Waals surface area contributed by atoms with Gasteiger partial charge in [-0.05, 0) is 13.3 Å². The van der Waals surface area contributed by atoms with E-state index in [4.69, 9.17) is 5.11 Å². The van der Waals surface area contributed by atoms with Gasteiger partial charge in [0.05, 0.1) is 7.75 Å². The molecule has 1 aliphatic carbocycles. The Balaban J connectivity index is 2.74. The molecule has 0 unspecified atom stereocenters. The third-order valence-corrected chi connectivity index (χ3v) is 4.46. The Labute approximate surface area is 75.3 Å². The molecule has 1 N–H and O–H groups in total. The second-order valence-corrected chi connectivity index (χ2v) is 7.20. The Morgan fingerprint density at radius 1 is 1.89 bits per heavy atom. The van der Waals surface area contributed by atoms with E-state index in [2.05, 4.69) is 38.5 Å². The van der Waals surface area contributed by atoms with Gasteiger partial charge in [-0.3, -0.25) is 4.79 Å². The van der Waals surface area contributed by atoms with Crippen LogP contribution in [0.4, 0.5) is 0 Å². The zero-order chi connectivity index (χ0) is 7.28. The molecule has 0 aromatic rings. The second-order valence-electron chi connectivity index (χ2n) is 2.52. The average Bonchev–Trinajstić information content (AvgIpc) is 2.08. The molecule has 1 aliphatic rings. The summed E-state index contributed by atoms with van der Waals surface area (Å²) in [5.41, 5.74) is -0.534. The molecule has 1 rings (SSSR count). The monoisotopic (exact) mass is 304 g/mol. The molecule has 0 heterocycles. The molecule has 9 heavy (non-hydrogen) atoms. The quantitative estimate of drug-likeness (QED) is 0.594. The van der Waals surface area contributed by atoms with Crippen LogP contribution in [-0.2, 0) is 4.79 Å². The fraction of sp³-hybridized carbons (Fsp3) is 0.800. The summed E-state index contributed by atoms with van der Waals surface area (Å²) in [5, 5.41) is 8.61. The topological polar surface area (TPSA) is 37.3 Å². The zero-order valence-corrected chi connectivity index (χ0v) is 8.56. The highest BCUT2D eigenvalue weighted by molar-refractivity contribution is 14.1. The van der Waals surface area contributed by atoms with Crippen LogP contribution in [0.1, 0.15) is 13.3 Å². The molecule has 0 aromatic heterocycles. The summed E-state index contributed by atoms with van der Waals surface area (Å²) < 4.78 is -0.191. The molecule has 4 heteroatoms. The van der Waals surface area contributed by atoms with Gasteiger partial charge in [-0.15, -0.1) is 0 Å². The van der Waals surface area contributed by atoms with Crippen molar-refractivity contribution in [3.8, 4) is 0 Å². The first-order valence-corrected chi connectivity index (χ1v) is 4.38. The van der Waals surface area contributed by atoms with Crippen molar-refractivity contribution in [2.45, 2.75) is 15.7 Å². The predicted molar refractivity (Wildman–Crippen MR) is 46.0 cm³/mol. The second kappa shape index (κ2) is 1.84. The largest absolute Gasteiger partial charge is 0.481 e. The number of carboxylic acids is 1. The number of hydrogen-bond acceptors (Lipinski definition) is 1. The number of carbonyl (C=O) groups is 1. The lowest BCUT2D eigenvalue weighted by Gasteiger charge is -2.03. The molecule has 2 atom stereocenters. The highest BCUT2D eigenvalue weighted by Gasteiger charge is 2.67. The van der Waals surface area contributed by atoms with E-state index in [9.17, 15) is 4.79 Å². The molecule has 0 aromatic carbocycles. The maximum absolute atomic E-state index is 10.5. The summed E-state index contributed by atoms with van der Waals surface area (Å²) in [5.74, 6) is -0.714. The maximum Gasteiger partial charge on any atom is 0.311 e. The van der Waals surface area contributed by atoms with E-state index in [0.717, 1.165) is 6.42 Å². The third kappa shape index (κ3) is 1.00. The minimum atomic E-state index is -0.714. The molecule has 0 amide bonds. The van der Waals surface area contributed by atoms with E-state index in [0.29, 0.717) is 0 Å². The number of halogens is 2. The van der Waals surface area contributed by atoms with Crippen LogP contribution in [0, 0.1) is 5.41 Å². The van der Waals surface area contributed by atoms with E-state index in [1.165, 1.54) is 0 Å². The summed E-state index contributed by atoms with van der Waals surface area (Å²) in [6.45, 7) is 1.75. The van der Waals surface area contributed by atoms with Crippen molar-refractivity contribution in [1.29, 1.82) is 0 Å². The summed E-state index contributed by atoms with van der Waals surface area (Å²) in [6, 6.07) is 0. The van der Waals surface area contributed by atoms with Crippen LogP contribution in [0.3, 0.4) is 0 Å². The SMILES string of the molecule is C[C@]1(C(=O)O)C[C@@]1(Br)I. The Morgan fingerprint density at radius 2 is 2.22 bits per heavy atom. The van der Waals surface area contributed by atoms with Crippen molar-refractivity contribution in [2.75, 3.05) is 0 Å². The Morgan fingerprint density at radius 3 is 2.22 bits per heavy atom. The summed E-state index contributed by atoms with van der Waals surface area (Å²) in [6.07, 6.45) is 0.718. The Bertz CT molecular complexity index is 168. The van der Waals surface area contributed by atoms with Gasteiger partial charge in [0.2, 0.25) is 0 Å². The van der Waals surface area contributed by atoms with Gasteiger partial charge in [0.25, 0.3) is 0 Å². The van der Waals surface area contributed by atoms with Crippen molar-refractivity contribution in [3.05, 3.63) is 0 Å². The molecule has 1 saturated carbocycles. The van der Waals surface area contributed by atoms with Crippen molar-refractivity contribution < 1.29 is 9.90 Å². The Kier molecular flexibility index (Phi) is 1.59. The van der Waals surface area contributed by atoms with Crippen LogP contribution >= 0.6 is 38.5 Å². The van der Waals surface area contributed by atoms with Crippen molar-refractivity contribution in [1.82, 2.24) is 0 Å². The molecule has 0 bridgehead atoms. The molecule has 1 fully saturated rings. The smallest absolute Gasteiger partial charge is 0.311 e.